The Hall–Kier alpha value is -1.01. The molecule has 1 aromatic rings. The van der Waals surface area contributed by atoms with Gasteiger partial charge in [-0.25, -0.2) is 4.79 Å². The monoisotopic (exact) mass is 359 g/mol. The summed E-state index contributed by atoms with van der Waals surface area (Å²) in [5, 5.41) is 11.5. The zero-order chi connectivity index (χ0) is 15.1. The maximum absolute atomic E-state index is 11.7. The fourth-order valence-corrected chi connectivity index (χ4v) is 2.67. The molecule has 6 heteroatoms. The number of aliphatic carboxylic acids is 1. The van der Waals surface area contributed by atoms with Crippen molar-refractivity contribution in [3.05, 3.63) is 28.7 Å². The van der Waals surface area contributed by atoms with Crippen LogP contribution in [-0.2, 0) is 9.59 Å². The molecule has 0 saturated carbocycles. The van der Waals surface area contributed by atoms with E-state index in [1.54, 1.807) is 25.6 Å². The molecule has 0 aliphatic heterocycles. The van der Waals surface area contributed by atoms with Gasteiger partial charge in [0.1, 0.15) is 6.04 Å². The van der Waals surface area contributed by atoms with Crippen molar-refractivity contribution in [2.75, 3.05) is 5.75 Å². The lowest BCUT2D eigenvalue weighted by Gasteiger charge is -2.17. The molecule has 0 aromatic heterocycles. The number of amides is 1. The molecule has 0 aliphatic carbocycles. The van der Waals surface area contributed by atoms with Gasteiger partial charge in [-0.05, 0) is 30.2 Å². The van der Waals surface area contributed by atoms with Crippen LogP contribution in [0.3, 0.4) is 0 Å². The molecule has 1 amide bonds. The molecule has 0 radical (unpaired) electrons. The normalized spacial score (nSPS) is 12.2. The topological polar surface area (TPSA) is 66.4 Å². The summed E-state index contributed by atoms with van der Waals surface area (Å²) >= 11 is 4.93. The smallest absolute Gasteiger partial charge is 0.326 e. The van der Waals surface area contributed by atoms with E-state index in [1.165, 1.54) is 0 Å². The molecule has 20 heavy (non-hydrogen) atoms. The Morgan fingerprint density at radius 2 is 1.90 bits per heavy atom. The van der Waals surface area contributed by atoms with Crippen LogP contribution in [0.15, 0.2) is 33.6 Å². The fraction of sp³-hybridized carbons (Fsp3) is 0.429. The van der Waals surface area contributed by atoms with Gasteiger partial charge in [0.25, 0.3) is 0 Å². The Kier molecular flexibility index (Phi) is 7.09. The molecule has 1 rings (SSSR count). The maximum atomic E-state index is 11.7. The Bertz CT molecular complexity index is 462. The predicted octanol–water partition coefficient (Wildman–Crippen LogP) is 3.16. The quantitative estimate of drug-likeness (QED) is 0.733. The van der Waals surface area contributed by atoms with Gasteiger partial charge in [-0.3, -0.25) is 4.79 Å². The van der Waals surface area contributed by atoms with Gasteiger partial charge in [-0.15, -0.1) is 11.8 Å². The molecule has 1 atom stereocenters. The minimum atomic E-state index is -0.992. The lowest BCUT2D eigenvalue weighted by atomic mass is 10.0. The molecular weight excluding hydrogens is 342 g/mol. The average molecular weight is 360 g/mol. The predicted molar refractivity (Wildman–Crippen MR) is 83.9 cm³/mol. The Labute approximate surface area is 131 Å². The van der Waals surface area contributed by atoms with E-state index in [2.05, 4.69) is 21.2 Å². The van der Waals surface area contributed by atoms with Crippen molar-refractivity contribution in [3.63, 3.8) is 0 Å². The van der Waals surface area contributed by atoms with Crippen molar-refractivity contribution in [2.24, 2.45) is 5.92 Å². The summed E-state index contributed by atoms with van der Waals surface area (Å²) in [4.78, 5) is 23.8. The van der Waals surface area contributed by atoms with Gasteiger partial charge < -0.3 is 10.4 Å². The van der Waals surface area contributed by atoms with Crippen LogP contribution in [-0.4, -0.2) is 28.8 Å². The Morgan fingerprint density at radius 3 is 2.40 bits per heavy atom. The molecule has 0 bridgehead atoms. The molecule has 0 fully saturated rings. The van der Waals surface area contributed by atoms with Crippen LogP contribution in [0.1, 0.15) is 20.3 Å². The highest BCUT2D eigenvalue weighted by Gasteiger charge is 2.22. The van der Waals surface area contributed by atoms with Gasteiger partial charge in [0.2, 0.25) is 5.91 Å². The van der Waals surface area contributed by atoms with Gasteiger partial charge in [0.15, 0.2) is 0 Å². The van der Waals surface area contributed by atoms with Gasteiger partial charge >= 0.3 is 5.97 Å². The number of carboxylic acid groups (broad SMARTS) is 1. The first kappa shape index (κ1) is 17.0. The molecule has 1 unspecified atom stereocenters. The summed E-state index contributed by atoms with van der Waals surface area (Å²) in [6.45, 7) is 3.55. The average Bonchev–Trinajstić information content (AvgIpc) is 2.37. The number of carbonyl (C=O) groups excluding carboxylic acids is 1. The first-order valence-electron chi connectivity index (χ1n) is 6.30. The third kappa shape index (κ3) is 5.96. The summed E-state index contributed by atoms with van der Waals surface area (Å²) in [5.74, 6) is -0.724. The maximum Gasteiger partial charge on any atom is 0.326 e. The standard InChI is InChI=1S/C14H18BrNO3S/c1-9(2)13(14(18)19)16-12(17)7-8-20-11-5-3-10(15)4-6-11/h3-6,9,13H,7-8H2,1-2H3,(H,16,17)(H,18,19). The summed E-state index contributed by atoms with van der Waals surface area (Å²) in [5.41, 5.74) is 0. The Balaban J connectivity index is 2.36. The number of thioether (sulfide) groups is 1. The van der Waals surface area contributed by atoms with Crippen molar-refractivity contribution in [2.45, 2.75) is 31.2 Å². The van der Waals surface area contributed by atoms with Gasteiger partial charge in [0, 0.05) is 21.5 Å². The number of rotatable bonds is 7. The number of halogens is 1. The third-order valence-corrected chi connectivity index (χ3v) is 4.20. The molecular formula is C14H18BrNO3S. The van der Waals surface area contributed by atoms with Crippen LogP contribution >= 0.6 is 27.7 Å². The first-order chi connectivity index (χ1) is 9.40. The summed E-state index contributed by atoms with van der Waals surface area (Å²) < 4.78 is 1.01. The van der Waals surface area contributed by atoms with E-state index in [1.807, 2.05) is 24.3 Å². The molecule has 0 heterocycles. The SMILES string of the molecule is CC(C)C(NC(=O)CCSc1ccc(Br)cc1)C(=O)O. The van der Waals surface area contributed by atoms with Crippen LogP contribution < -0.4 is 5.32 Å². The number of nitrogens with one attached hydrogen (secondary N) is 1. The van der Waals surface area contributed by atoms with Crippen molar-refractivity contribution in [1.29, 1.82) is 0 Å². The van der Waals surface area contributed by atoms with E-state index < -0.39 is 12.0 Å². The molecule has 110 valence electrons. The van der Waals surface area contributed by atoms with E-state index in [0.717, 1.165) is 9.37 Å². The van der Waals surface area contributed by atoms with Crippen LogP contribution in [0.2, 0.25) is 0 Å². The molecule has 0 spiro atoms. The van der Waals surface area contributed by atoms with E-state index in [9.17, 15) is 9.59 Å². The van der Waals surface area contributed by atoms with Crippen molar-refractivity contribution >= 4 is 39.6 Å². The molecule has 0 aliphatic rings. The zero-order valence-electron chi connectivity index (χ0n) is 11.4. The van der Waals surface area contributed by atoms with Crippen molar-refractivity contribution in [3.8, 4) is 0 Å². The highest BCUT2D eigenvalue weighted by atomic mass is 79.9. The second kappa shape index (κ2) is 8.32. The minimum absolute atomic E-state index is 0.129. The van der Waals surface area contributed by atoms with Gasteiger partial charge in [-0.1, -0.05) is 29.8 Å². The lowest BCUT2D eigenvalue weighted by molar-refractivity contribution is -0.143. The van der Waals surface area contributed by atoms with Crippen LogP contribution in [0.4, 0.5) is 0 Å². The van der Waals surface area contributed by atoms with Crippen LogP contribution in [0.5, 0.6) is 0 Å². The highest BCUT2D eigenvalue weighted by Crippen LogP contribution is 2.21. The third-order valence-electron chi connectivity index (χ3n) is 2.66. The fourth-order valence-electron chi connectivity index (χ4n) is 1.55. The highest BCUT2D eigenvalue weighted by molar-refractivity contribution is 9.10. The van der Waals surface area contributed by atoms with Crippen LogP contribution in [0, 0.1) is 5.92 Å². The Morgan fingerprint density at radius 1 is 1.30 bits per heavy atom. The van der Waals surface area contributed by atoms with Crippen LogP contribution in [0.25, 0.3) is 0 Å². The number of carbonyl (C=O) groups is 2. The summed E-state index contributed by atoms with van der Waals surface area (Å²) in [6, 6.07) is 7.02. The molecule has 1 aromatic carbocycles. The molecule has 2 N–H and O–H groups in total. The minimum Gasteiger partial charge on any atom is -0.480 e. The summed E-state index contributed by atoms with van der Waals surface area (Å²) in [6.07, 6.45) is 0.303. The van der Waals surface area contributed by atoms with Gasteiger partial charge in [-0.2, -0.15) is 0 Å². The largest absolute Gasteiger partial charge is 0.480 e. The lowest BCUT2D eigenvalue weighted by Crippen LogP contribution is -2.44. The second-order valence-electron chi connectivity index (χ2n) is 4.68. The molecule has 4 nitrogen and oxygen atoms in total. The number of hydrogen-bond donors (Lipinski definition) is 2. The number of carboxylic acids is 1. The summed E-state index contributed by atoms with van der Waals surface area (Å²) in [7, 11) is 0. The second-order valence-corrected chi connectivity index (χ2v) is 6.76. The van der Waals surface area contributed by atoms with Crippen molar-refractivity contribution < 1.29 is 14.7 Å². The molecule has 0 saturated heterocycles. The van der Waals surface area contributed by atoms with Gasteiger partial charge in [0.05, 0.1) is 0 Å². The first-order valence-corrected chi connectivity index (χ1v) is 8.08. The van der Waals surface area contributed by atoms with E-state index >= 15 is 0 Å². The van der Waals surface area contributed by atoms with E-state index in [0.29, 0.717) is 12.2 Å². The van der Waals surface area contributed by atoms with E-state index in [-0.39, 0.29) is 11.8 Å². The number of benzene rings is 1. The number of hydrogen-bond acceptors (Lipinski definition) is 3. The van der Waals surface area contributed by atoms with Crippen molar-refractivity contribution in [1.82, 2.24) is 5.32 Å². The zero-order valence-corrected chi connectivity index (χ0v) is 13.8. The van der Waals surface area contributed by atoms with E-state index in [4.69, 9.17) is 5.11 Å².